The van der Waals surface area contributed by atoms with E-state index in [1.807, 2.05) is 13.0 Å². The van der Waals surface area contributed by atoms with Crippen molar-refractivity contribution in [1.29, 1.82) is 0 Å². The van der Waals surface area contributed by atoms with Crippen LogP contribution in [0.1, 0.15) is 30.2 Å². The van der Waals surface area contributed by atoms with Crippen molar-refractivity contribution in [3.63, 3.8) is 0 Å². The van der Waals surface area contributed by atoms with Gasteiger partial charge in [0.2, 0.25) is 5.91 Å². The summed E-state index contributed by atoms with van der Waals surface area (Å²) in [5.41, 5.74) is 6.55. The van der Waals surface area contributed by atoms with Crippen molar-refractivity contribution in [1.82, 2.24) is 15.1 Å². The number of hydrogen-bond acceptors (Lipinski definition) is 6. The molecular weight excluding hydrogens is 336 g/mol. The van der Waals surface area contributed by atoms with E-state index in [1.54, 1.807) is 26.0 Å². The maximum absolute atomic E-state index is 12.4. The minimum Gasteiger partial charge on any atom is -0.467 e. The van der Waals surface area contributed by atoms with Crippen LogP contribution in [0.2, 0.25) is 0 Å². The molecule has 0 aliphatic carbocycles. The Balaban J connectivity index is 1.89. The molecule has 0 saturated heterocycles. The second-order valence-corrected chi connectivity index (χ2v) is 6.03. The Morgan fingerprint density at radius 3 is 2.77 bits per heavy atom. The molecule has 1 unspecified atom stereocenters. The first-order valence-corrected chi connectivity index (χ1v) is 8.13. The summed E-state index contributed by atoms with van der Waals surface area (Å²) in [5.74, 6) is 1.63. The number of hydrogen-bond donors (Lipinski definition) is 2. The lowest BCUT2D eigenvalue weighted by Crippen LogP contribution is -2.37. The third-order valence-corrected chi connectivity index (χ3v) is 4.04. The number of carbonyl (C=O) groups excluding carboxylic acids is 1. The molecule has 3 aromatic heterocycles. The number of nitrogens with two attached hydrogens (primary N) is 1. The third-order valence-electron chi connectivity index (χ3n) is 4.04. The number of nitrogens with one attached hydrogen (secondary N) is 1. The molecule has 1 amide bonds. The summed E-state index contributed by atoms with van der Waals surface area (Å²) in [6.07, 6.45) is 1.52. The second-order valence-electron chi connectivity index (χ2n) is 6.03. The van der Waals surface area contributed by atoms with Gasteiger partial charge in [0.1, 0.15) is 29.0 Å². The molecule has 0 spiro atoms. The van der Waals surface area contributed by atoms with Crippen LogP contribution in [0.4, 0.5) is 5.69 Å². The van der Waals surface area contributed by atoms with E-state index in [4.69, 9.17) is 14.6 Å². The zero-order valence-corrected chi connectivity index (χ0v) is 14.8. The summed E-state index contributed by atoms with van der Waals surface area (Å²) >= 11 is 0. The summed E-state index contributed by atoms with van der Waals surface area (Å²) in [7, 11) is 0. The van der Waals surface area contributed by atoms with E-state index >= 15 is 0 Å². The van der Waals surface area contributed by atoms with Gasteiger partial charge in [-0.15, -0.1) is 0 Å². The van der Waals surface area contributed by atoms with Crippen LogP contribution in [-0.2, 0) is 11.3 Å². The fraction of sp³-hybridized carbons (Fsp3) is 0.278. The largest absolute Gasteiger partial charge is 0.467 e. The Hall–Kier alpha value is -3.29. The van der Waals surface area contributed by atoms with E-state index in [-0.39, 0.29) is 18.1 Å². The predicted octanol–water partition coefficient (Wildman–Crippen LogP) is 2.17. The molecule has 0 aliphatic rings. The second kappa shape index (κ2) is 6.91. The van der Waals surface area contributed by atoms with Gasteiger partial charge in [0.05, 0.1) is 18.5 Å². The standard InChI is InChI=1S/C18H20N4O4/c1-10-7-14(12(3)26-10)16-8-15(19)18(24)22(21-16)11(2)17(23)20-9-13-5-4-6-25-13/h4-8,11H,9,19H2,1-3H3,(H,20,23). The maximum Gasteiger partial charge on any atom is 0.290 e. The van der Waals surface area contributed by atoms with Crippen LogP contribution < -0.4 is 16.6 Å². The molecule has 3 N–H and O–H groups in total. The van der Waals surface area contributed by atoms with Gasteiger partial charge in [0, 0.05) is 5.56 Å². The lowest BCUT2D eigenvalue weighted by molar-refractivity contribution is -0.124. The molecule has 0 aliphatic heterocycles. The van der Waals surface area contributed by atoms with Crippen LogP contribution in [0.15, 0.2) is 44.2 Å². The highest BCUT2D eigenvalue weighted by Crippen LogP contribution is 2.25. The SMILES string of the molecule is Cc1cc(-c2cc(N)c(=O)n(C(C)C(=O)NCc3ccco3)n2)c(C)o1. The van der Waals surface area contributed by atoms with Crippen LogP contribution in [0.25, 0.3) is 11.3 Å². The summed E-state index contributed by atoms with van der Waals surface area (Å²) in [6, 6.07) is 5.94. The predicted molar refractivity (Wildman–Crippen MR) is 95.4 cm³/mol. The van der Waals surface area contributed by atoms with Gasteiger partial charge in [0.15, 0.2) is 0 Å². The molecule has 1 atom stereocenters. The Morgan fingerprint density at radius 2 is 2.15 bits per heavy atom. The molecule has 136 valence electrons. The lowest BCUT2D eigenvalue weighted by Gasteiger charge is -2.15. The number of furan rings is 2. The van der Waals surface area contributed by atoms with Crippen LogP contribution >= 0.6 is 0 Å². The fourth-order valence-corrected chi connectivity index (χ4v) is 2.66. The quantitative estimate of drug-likeness (QED) is 0.724. The summed E-state index contributed by atoms with van der Waals surface area (Å²) < 4.78 is 11.8. The highest BCUT2D eigenvalue weighted by atomic mass is 16.3. The number of nitrogens with zero attached hydrogens (tertiary/aromatic N) is 2. The van der Waals surface area contributed by atoms with E-state index in [0.29, 0.717) is 17.2 Å². The molecule has 3 aromatic rings. The minimum absolute atomic E-state index is 0.0129. The molecule has 8 heteroatoms. The molecule has 0 aromatic carbocycles. The van der Waals surface area contributed by atoms with E-state index in [1.165, 1.54) is 12.3 Å². The van der Waals surface area contributed by atoms with Crippen molar-refractivity contribution in [3.05, 3.63) is 58.2 Å². The van der Waals surface area contributed by atoms with Gasteiger partial charge in [-0.1, -0.05) is 0 Å². The number of carbonyl (C=O) groups is 1. The molecule has 0 bridgehead atoms. The zero-order valence-electron chi connectivity index (χ0n) is 14.8. The number of amides is 1. The van der Waals surface area contributed by atoms with Crippen molar-refractivity contribution < 1.29 is 13.6 Å². The van der Waals surface area contributed by atoms with E-state index in [9.17, 15) is 9.59 Å². The number of aryl methyl sites for hydroxylation is 2. The molecule has 8 nitrogen and oxygen atoms in total. The highest BCUT2D eigenvalue weighted by molar-refractivity contribution is 5.79. The monoisotopic (exact) mass is 356 g/mol. The van der Waals surface area contributed by atoms with Gasteiger partial charge in [-0.2, -0.15) is 5.10 Å². The van der Waals surface area contributed by atoms with Crippen LogP contribution in [0.5, 0.6) is 0 Å². The van der Waals surface area contributed by atoms with Crippen molar-refractivity contribution in [2.45, 2.75) is 33.4 Å². The van der Waals surface area contributed by atoms with Crippen molar-refractivity contribution in [3.8, 4) is 11.3 Å². The first-order chi connectivity index (χ1) is 12.4. The van der Waals surface area contributed by atoms with Crippen molar-refractivity contribution in [2.24, 2.45) is 0 Å². The van der Waals surface area contributed by atoms with Crippen molar-refractivity contribution >= 4 is 11.6 Å². The average molecular weight is 356 g/mol. The smallest absolute Gasteiger partial charge is 0.290 e. The normalized spacial score (nSPS) is 12.1. The molecule has 3 rings (SSSR count). The van der Waals surface area contributed by atoms with Crippen molar-refractivity contribution in [2.75, 3.05) is 5.73 Å². The Labute approximate surface area is 149 Å². The molecule has 0 fully saturated rings. The number of nitrogen functional groups attached to an aromatic ring is 1. The molecule has 26 heavy (non-hydrogen) atoms. The lowest BCUT2D eigenvalue weighted by atomic mass is 10.1. The van der Waals surface area contributed by atoms with Gasteiger partial charge in [0.25, 0.3) is 5.56 Å². The maximum atomic E-state index is 12.4. The van der Waals surface area contributed by atoms with Gasteiger partial charge in [-0.3, -0.25) is 9.59 Å². The fourth-order valence-electron chi connectivity index (χ4n) is 2.66. The number of aromatic nitrogens is 2. The van der Waals surface area contributed by atoms with Gasteiger partial charge < -0.3 is 19.9 Å². The number of anilines is 1. The van der Waals surface area contributed by atoms with Gasteiger partial charge >= 0.3 is 0 Å². The van der Waals surface area contributed by atoms with Crippen LogP contribution in [-0.4, -0.2) is 15.7 Å². The topological polar surface area (TPSA) is 116 Å². The average Bonchev–Trinajstić information content (AvgIpc) is 3.23. The third kappa shape index (κ3) is 3.39. The Kier molecular flexibility index (Phi) is 4.66. The summed E-state index contributed by atoms with van der Waals surface area (Å²) in [4.78, 5) is 24.8. The molecular formula is C18H20N4O4. The zero-order chi connectivity index (χ0) is 18.8. The number of rotatable bonds is 5. The summed E-state index contributed by atoms with van der Waals surface area (Å²) in [6.45, 7) is 5.43. The first kappa shape index (κ1) is 17.5. The molecule has 3 heterocycles. The highest BCUT2D eigenvalue weighted by Gasteiger charge is 2.21. The van der Waals surface area contributed by atoms with Gasteiger partial charge in [-0.05, 0) is 45.0 Å². The van der Waals surface area contributed by atoms with E-state index in [2.05, 4.69) is 10.4 Å². The van der Waals surface area contributed by atoms with Crippen LogP contribution in [0.3, 0.4) is 0 Å². The first-order valence-electron chi connectivity index (χ1n) is 8.13. The van der Waals surface area contributed by atoms with Gasteiger partial charge in [-0.25, -0.2) is 4.68 Å². The molecule has 0 saturated carbocycles. The minimum atomic E-state index is -0.840. The van der Waals surface area contributed by atoms with E-state index in [0.717, 1.165) is 16.0 Å². The Morgan fingerprint density at radius 1 is 1.38 bits per heavy atom. The van der Waals surface area contributed by atoms with Crippen LogP contribution in [0, 0.1) is 13.8 Å². The molecule has 0 radical (unpaired) electrons. The van der Waals surface area contributed by atoms with E-state index < -0.39 is 11.6 Å². The summed E-state index contributed by atoms with van der Waals surface area (Å²) in [5, 5.41) is 7.04. The Bertz CT molecular complexity index is 985.